The molecule has 0 spiro atoms. The Morgan fingerprint density at radius 3 is 2.53 bits per heavy atom. The van der Waals surface area contributed by atoms with Crippen molar-refractivity contribution in [2.24, 2.45) is 0 Å². The van der Waals surface area contributed by atoms with Crippen LogP contribution in [0, 0.1) is 0 Å². The van der Waals surface area contributed by atoms with Gasteiger partial charge in [-0.3, -0.25) is 4.98 Å². The van der Waals surface area contributed by atoms with E-state index in [1.165, 1.54) is 5.39 Å². The lowest BCUT2D eigenvalue weighted by molar-refractivity contribution is 0.795. The van der Waals surface area contributed by atoms with E-state index in [-0.39, 0.29) is 24.8 Å². The summed E-state index contributed by atoms with van der Waals surface area (Å²) in [7, 11) is 1.93. The lowest BCUT2D eigenvalue weighted by atomic mass is 10.2. The summed E-state index contributed by atoms with van der Waals surface area (Å²) in [6.07, 6.45) is 0. The molecule has 0 bridgehead atoms. The largest absolute Gasteiger partial charge is 0.314 e. The highest BCUT2D eigenvalue weighted by Gasteiger charge is 1.95. The molecular formula is C11H14Cl2N2. The second-order valence-corrected chi connectivity index (χ2v) is 3.03. The number of nitrogens with one attached hydrogen (secondary N) is 1. The van der Waals surface area contributed by atoms with Gasteiger partial charge in [0.05, 0.1) is 11.2 Å². The van der Waals surface area contributed by atoms with E-state index in [1.807, 2.05) is 25.2 Å². The van der Waals surface area contributed by atoms with Crippen molar-refractivity contribution in [3.05, 3.63) is 42.1 Å². The molecule has 15 heavy (non-hydrogen) atoms. The lowest BCUT2D eigenvalue weighted by Gasteiger charge is -2.01. The van der Waals surface area contributed by atoms with Crippen molar-refractivity contribution in [2.75, 3.05) is 7.05 Å². The van der Waals surface area contributed by atoms with Crippen LogP contribution in [0.3, 0.4) is 0 Å². The van der Waals surface area contributed by atoms with E-state index in [0.717, 1.165) is 17.8 Å². The molecule has 1 aromatic carbocycles. The third-order valence-corrected chi connectivity index (χ3v) is 2.01. The van der Waals surface area contributed by atoms with E-state index in [1.54, 1.807) is 0 Å². The predicted octanol–water partition coefficient (Wildman–Crippen LogP) is 2.80. The first-order valence-corrected chi connectivity index (χ1v) is 4.39. The SMILES string of the molecule is CNCc1ccc2ccccc2n1.Cl.Cl. The van der Waals surface area contributed by atoms with Crippen molar-refractivity contribution >= 4 is 35.7 Å². The second-order valence-electron chi connectivity index (χ2n) is 3.03. The van der Waals surface area contributed by atoms with Crippen LogP contribution in [0.4, 0.5) is 0 Å². The van der Waals surface area contributed by atoms with E-state index >= 15 is 0 Å². The number of benzene rings is 1. The summed E-state index contributed by atoms with van der Waals surface area (Å²) in [4.78, 5) is 4.50. The van der Waals surface area contributed by atoms with Crippen molar-refractivity contribution in [1.82, 2.24) is 10.3 Å². The highest BCUT2D eigenvalue weighted by atomic mass is 35.5. The van der Waals surface area contributed by atoms with Gasteiger partial charge in [0.25, 0.3) is 0 Å². The van der Waals surface area contributed by atoms with Crippen LogP contribution >= 0.6 is 24.8 Å². The molecule has 1 N–H and O–H groups in total. The minimum absolute atomic E-state index is 0. The fourth-order valence-corrected chi connectivity index (χ4v) is 1.39. The summed E-state index contributed by atoms with van der Waals surface area (Å²) in [6, 6.07) is 12.3. The summed E-state index contributed by atoms with van der Waals surface area (Å²) < 4.78 is 0. The van der Waals surface area contributed by atoms with E-state index in [9.17, 15) is 0 Å². The van der Waals surface area contributed by atoms with Gasteiger partial charge < -0.3 is 5.32 Å². The van der Waals surface area contributed by atoms with Crippen LogP contribution in [0.1, 0.15) is 5.69 Å². The van der Waals surface area contributed by atoms with Crippen molar-refractivity contribution in [3.8, 4) is 0 Å². The highest BCUT2D eigenvalue weighted by Crippen LogP contribution is 2.11. The summed E-state index contributed by atoms with van der Waals surface area (Å²) in [5.41, 5.74) is 2.15. The topological polar surface area (TPSA) is 24.9 Å². The van der Waals surface area contributed by atoms with Gasteiger partial charge in [0.15, 0.2) is 0 Å². The van der Waals surface area contributed by atoms with Gasteiger partial charge in [-0.15, -0.1) is 24.8 Å². The van der Waals surface area contributed by atoms with Crippen molar-refractivity contribution < 1.29 is 0 Å². The van der Waals surface area contributed by atoms with E-state index < -0.39 is 0 Å². The van der Waals surface area contributed by atoms with Crippen LogP contribution in [0.25, 0.3) is 10.9 Å². The smallest absolute Gasteiger partial charge is 0.0705 e. The zero-order valence-corrected chi connectivity index (χ0v) is 10.1. The van der Waals surface area contributed by atoms with Crippen molar-refractivity contribution in [1.29, 1.82) is 0 Å². The molecular weight excluding hydrogens is 231 g/mol. The molecule has 2 nitrogen and oxygen atoms in total. The number of hydrogen-bond acceptors (Lipinski definition) is 2. The number of hydrogen-bond donors (Lipinski definition) is 1. The van der Waals surface area contributed by atoms with Crippen molar-refractivity contribution in [3.63, 3.8) is 0 Å². The van der Waals surface area contributed by atoms with Crippen LogP contribution in [-0.2, 0) is 6.54 Å². The Hall–Kier alpha value is -0.830. The number of rotatable bonds is 2. The number of aromatic nitrogens is 1. The van der Waals surface area contributed by atoms with Gasteiger partial charge in [-0.05, 0) is 19.2 Å². The third-order valence-electron chi connectivity index (χ3n) is 2.01. The first-order valence-electron chi connectivity index (χ1n) is 4.39. The van der Waals surface area contributed by atoms with Crippen LogP contribution in [0.15, 0.2) is 36.4 Å². The van der Waals surface area contributed by atoms with Crippen LogP contribution in [0.2, 0.25) is 0 Å². The summed E-state index contributed by atoms with van der Waals surface area (Å²) in [6.45, 7) is 0.824. The first kappa shape index (κ1) is 14.2. The van der Waals surface area contributed by atoms with Crippen LogP contribution in [0.5, 0.6) is 0 Å². The molecule has 0 saturated carbocycles. The molecule has 1 heterocycles. The average molecular weight is 245 g/mol. The molecule has 0 saturated heterocycles. The Morgan fingerprint density at radius 1 is 1.07 bits per heavy atom. The maximum Gasteiger partial charge on any atom is 0.0705 e. The van der Waals surface area contributed by atoms with Gasteiger partial charge >= 0.3 is 0 Å². The fraction of sp³-hybridized carbons (Fsp3) is 0.182. The monoisotopic (exact) mass is 244 g/mol. The van der Waals surface area contributed by atoms with Gasteiger partial charge in [-0.1, -0.05) is 24.3 Å². The van der Waals surface area contributed by atoms with Gasteiger partial charge in [0, 0.05) is 11.9 Å². The number of nitrogens with zero attached hydrogens (tertiary/aromatic N) is 1. The lowest BCUT2D eigenvalue weighted by Crippen LogP contribution is -2.06. The van der Waals surface area contributed by atoms with Gasteiger partial charge in [-0.25, -0.2) is 0 Å². The minimum atomic E-state index is 0. The number of fused-ring (bicyclic) bond motifs is 1. The minimum Gasteiger partial charge on any atom is -0.314 e. The molecule has 82 valence electrons. The normalized spacial score (nSPS) is 9.13. The number of para-hydroxylation sites is 1. The first-order chi connectivity index (χ1) is 6.40. The molecule has 0 atom stereocenters. The zero-order valence-electron chi connectivity index (χ0n) is 8.43. The number of pyridine rings is 1. The molecule has 0 aliphatic rings. The molecule has 0 unspecified atom stereocenters. The van der Waals surface area contributed by atoms with Gasteiger partial charge in [-0.2, -0.15) is 0 Å². The molecule has 0 aliphatic heterocycles. The summed E-state index contributed by atoms with van der Waals surface area (Å²) in [5.74, 6) is 0. The molecule has 0 amide bonds. The van der Waals surface area contributed by atoms with Gasteiger partial charge in [0.2, 0.25) is 0 Å². The van der Waals surface area contributed by atoms with Gasteiger partial charge in [0.1, 0.15) is 0 Å². The molecule has 0 fully saturated rings. The Morgan fingerprint density at radius 2 is 1.80 bits per heavy atom. The molecule has 0 aliphatic carbocycles. The highest BCUT2D eigenvalue weighted by molar-refractivity contribution is 5.85. The maximum atomic E-state index is 4.50. The second kappa shape index (κ2) is 6.62. The quantitative estimate of drug-likeness (QED) is 0.879. The molecule has 4 heteroatoms. The molecule has 2 rings (SSSR count). The third kappa shape index (κ3) is 3.34. The maximum absolute atomic E-state index is 4.50. The Bertz CT molecular complexity index is 418. The number of halogens is 2. The predicted molar refractivity (Wildman–Crippen MR) is 69.0 cm³/mol. The Kier molecular flexibility index (Phi) is 6.25. The van der Waals surface area contributed by atoms with E-state index in [2.05, 4.69) is 28.5 Å². The van der Waals surface area contributed by atoms with E-state index in [4.69, 9.17) is 0 Å². The Balaban J connectivity index is 0.000000980. The Labute approximate surface area is 102 Å². The summed E-state index contributed by atoms with van der Waals surface area (Å²) >= 11 is 0. The van der Waals surface area contributed by atoms with Crippen LogP contribution < -0.4 is 5.32 Å². The molecule has 2 aromatic rings. The average Bonchev–Trinajstić information content (AvgIpc) is 2.18. The summed E-state index contributed by atoms with van der Waals surface area (Å²) in [5, 5.41) is 4.28. The molecule has 0 radical (unpaired) electrons. The van der Waals surface area contributed by atoms with Crippen LogP contribution in [-0.4, -0.2) is 12.0 Å². The van der Waals surface area contributed by atoms with E-state index in [0.29, 0.717) is 0 Å². The standard InChI is InChI=1S/C11H12N2.2ClH/c1-12-8-10-7-6-9-4-2-3-5-11(9)13-10;;/h2-7,12H,8H2,1H3;2*1H. The zero-order chi connectivity index (χ0) is 9.10. The fourth-order valence-electron chi connectivity index (χ4n) is 1.39. The van der Waals surface area contributed by atoms with Crippen molar-refractivity contribution in [2.45, 2.75) is 6.54 Å². The molecule has 1 aromatic heterocycles.